The summed E-state index contributed by atoms with van der Waals surface area (Å²) < 4.78 is 5.71. The lowest BCUT2D eigenvalue weighted by molar-refractivity contribution is -0.144. The first-order valence-corrected chi connectivity index (χ1v) is 6.80. The van der Waals surface area contributed by atoms with Crippen LogP contribution in [0.25, 0.3) is 0 Å². The van der Waals surface area contributed by atoms with E-state index in [0.29, 0.717) is 25.9 Å². The molecule has 2 saturated heterocycles. The van der Waals surface area contributed by atoms with E-state index >= 15 is 0 Å². The number of aliphatic carboxylic acids is 1. The SMILES string of the molecule is O=C(O)[C@H]1CC[C@@H](C(=O)N2CC3CCC(C2)O3)C1. The van der Waals surface area contributed by atoms with E-state index < -0.39 is 5.97 Å². The van der Waals surface area contributed by atoms with Crippen molar-refractivity contribution in [2.45, 2.75) is 44.3 Å². The number of carboxylic acid groups (broad SMARTS) is 1. The third-order valence-electron chi connectivity index (χ3n) is 4.49. The Bertz CT molecular complexity index is 358. The molecule has 1 aliphatic carbocycles. The Morgan fingerprint density at radius 1 is 1.00 bits per heavy atom. The Morgan fingerprint density at radius 3 is 2.17 bits per heavy atom. The molecule has 1 saturated carbocycles. The molecule has 2 bridgehead atoms. The van der Waals surface area contributed by atoms with Crippen LogP contribution in [-0.2, 0) is 14.3 Å². The molecule has 3 aliphatic rings. The number of carbonyl (C=O) groups is 2. The zero-order valence-corrected chi connectivity index (χ0v) is 10.4. The molecule has 2 aliphatic heterocycles. The van der Waals surface area contributed by atoms with Crippen LogP contribution < -0.4 is 0 Å². The minimum Gasteiger partial charge on any atom is -0.481 e. The first-order chi connectivity index (χ1) is 8.63. The van der Waals surface area contributed by atoms with Crippen LogP contribution in [0.15, 0.2) is 0 Å². The second-order valence-electron chi connectivity index (χ2n) is 5.75. The fourth-order valence-electron chi connectivity index (χ4n) is 3.48. The average molecular weight is 253 g/mol. The molecule has 18 heavy (non-hydrogen) atoms. The van der Waals surface area contributed by atoms with Crippen molar-refractivity contribution in [3.63, 3.8) is 0 Å². The monoisotopic (exact) mass is 253 g/mol. The van der Waals surface area contributed by atoms with Crippen LogP contribution in [0.2, 0.25) is 0 Å². The van der Waals surface area contributed by atoms with Gasteiger partial charge in [-0.1, -0.05) is 0 Å². The lowest BCUT2D eigenvalue weighted by atomic mass is 10.0. The molecule has 5 heteroatoms. The third-order valence-corrected chi connectivity index (χ3v) is 4.49. The van der Waals surface area contributed by atoms with E-state index in [9.17, 15) is 9.59 Å². The number of amides is 1. The maximum absolute atomic E-state index is 12.4. The van der Waals surface area contributed by atoms with Crippen LogP contribution in [0.3, 0.4) is 0 Å². The molecule has 3 fully saturated rings. The minimum atomic E-state index is -0.757. The summed E-state index contributed by atoms with van der Waals surface area (Å²) in [4.78, 5) is 25.2. The fourth-order valence-corrected chi connectivity index (χ4v) is 3.48. The summed E-state index contributed by atoms with van der Waals surface area (Å²) in [5, 5.41) is 8.97. The van der Waals surface area contributed by atoms with Crippen LogP contribution in [0.4, 0.5) is 0 Å². The molecule has 0 aromatic carbocycles. The van der Waals surface area contributed by atoms with Crippen molar-refractivity contribution in [1.29, 1.82) is 0 Å². The van der Waals surface area contributed by atoms with Crippen molar-refractivity contribution < 1.29 is 19.4 Å². The topological polar surface area (TPSA) is 66.8 Å². The van der Waals surface area contributed by atoms with Gasteiger partial charge in [0.2, 0.25) is 5.91 Å². The predicted octanol–water partition coefficient (Wildman–Crippen LogP) is 0.877. The summed E-state index contributed by atoms with van der Waals surface area (Å²) >= 11 is 0. The molecule has 1 N–H and O–H groups in total. The van der Waals surface area contributed by atoms with Gasteiger partial charge in [0.05, 0.1) is 18.1 Å². The predicted molar refractivity (Wildman–Crippen MR) is 62.9 cm³/mol. The Balaban J connectivity index is 1.60. The number of hydrogen-bond acceptors (Lipinski definition) is 3. The standard InChI is InChI=1S/C13H19NO4/c15-12(8-1-2-9(5-8)13(16)17)14-6-10-3-4-11(7-14)18-10/h8-11H,1-7H2,(H,16,17)/t8-,9+,10?,11?/m1/s1. The molecular weight excluding hydrogens is 234 g/mol. The number of hydrogen-bond donors (Lipinski definition) is 1. The van der Waals surface area contributed by atoms with E-state index in [1.165, 1.54) is 0 Å². The Kier molecular flexibility index (Phi) is 3.01. The molecule has 3 rings (SSSR count). The van der Waals surface area contributed by atoms with Gasteiger partial charge in [-0.05, 0) is 32.1 Å². The van der Waals surface area contributed by atoms with Gasteiger partial charge in [0.25, 0.3) is 0 Å². The third kappa shape index (κ3) is 2.11. The largest absolute Gasteiger partial charge is 0.481 e. The highest BCUT2D eigenvalue weighted by atomic mass is 16.5. The average Bonchev–Trinajstić information content (AvgIpc) is 2.95. The van der Waals surface area contributed by atoms with E-state index in [2.05, 4.69) is 0 Å². The zero-order chi connectivity index (χ0) is 12.7. The molecule has 2 heterocycles. The highest BCUT2D eigenvalue weighted by Gasteiger charge is 2.40. The lowest BCUT2D eigenvalue weighted by Crippen LogP contribution is -2.47. The van der Waals surface area contributed by atoms with Crippen molar-refractivity contribution >= 4 is 11.9 Å². The zero-order valence-electron chi connectivity index (χ0n) is 10.4. The number of carbonyl (C=O) groups excluding carboxylic acids is 1. The smallest absolute Gasteiger partial charge is 0.306 e. The van der Waals surface area contributed by atoms with Crippen molar-refractivity contribution in [2.75, 3.05) is 13.1 Å². The number of fused-ring (bicyclic) bond motifs is 2. The van der Waals surface area contributed by atoms with Gasteiger partial charge < -0.3 is 14.7 Å². The Labute approximate surface area is 106 Å². The van der Waals surface area contributed by atoms with Crippen molar-refractivity contribution in [1.82, 2.24) is 4.90 Å². The van der Waals surface area contributed by atoms with E-state index in [0.717, 1.165) is 19.3 Å². The van der Waals surface area contributed by atoms with Gasteiger partial charge >= 0.3 is 5.97 Å². The van der Waals surface area contributed by atoms with Crippen LogP contribution in [0.1, 0.15) is 32.1 Å². The lowest BCUT2D eigenvalue weighted by Gasteiger charge is -2.33. The summed E-state index contributed by atoms with van der Waals surface area (Å²) in [6.45, 7) is 1.40. The van der Waals surface area contributed by atoms with Crippen LogP contribution in [-0.4, -0.2) is 47.2 Å². The Morgan fingerprint density at radius 2 is 1.61 bits per heavy atom. The number of likely N-dealkylation sites (tertiary alicyclic amines) is 1. The number of ether oxygens (including phenoxy) is 1. The molecule has 2 unspecified atom stereocenters. The molecule has 0 aromatic rings. The van der Waals surface area contributed by atoms with Crippen molar-refractivity contribution in [3.05, 3.63) is 0 Å². The van der Waals surface area contributed by atoms with Gasteiger partial charge in [0.15, 0.2) is 0 Å². The van der Waals surface area contributed by atoms with Gasteiger partial charge in [-0.2, -0.15) is 0 Å². The van der Waals surface area contributed by atoms with Crippen molar-refractivity contribution in [2.24, 2.45) is 11.8 Å². The van der Waals surface area contributed by atoms with Crippen LogP contribution in [0.5, 0.6) is 0 Å². The van der Waals surface area contributed by atoms with E-state index in [4.69, 9.17) is 9.84 Å². The van der Waals surface area contributed by atoms with Gasteiger partial charge in [-0.25, -0.2) is 0 Å². The number of carboxylic acids is 1. The Hall–Kier alpha value is -1.10. The summed E-state index contributed by atoms with van der Waals surface area (Å²) in [6.07, 6.45) is 4.41. The second-order valence-corrected chi connectivity index (χ2v) is 5.75. The van der Waals surface area contributed by atoms with Crippen molar-refractivity contribution in [3.8, 4) is 0 Å². The molecule has 0 spiro atoms. The molecule has 1 amide bonds. The summed E-state index contributed by atoms with van der Waals surface area (Å²) in [5.41, 5.74) is 0. The summed E-state index contributed by atoms with van der Waals surface area (Å²) in [7, 11) is 0. The first-order valence-electron chi connectivity index (χ1n) is 6.80. The van der Waals surface area contributed by atoms with Crippen LogP contribution >= 0.6 is 0 Å². The minimum absolute atomic E-state index is 0.0800. The summed E-state index contributed by atoms with van der Waals surface area (Å²) in [6, 6.07) is 0. The highest BCUT2D eigenvalue weighted by Crippen LogP contribution is 2.34. The normalized spacial score (nSPS) is 39.0. The first kappa shape index (κ1) is 12.0. The van der Waals surface area contributed by atoms with Gasteiger partial charge in [0.1, 0.15) is 0 Å². The molecule has 4 atom stereocenters. The maximum Gasteiger partial charge on any atom is 0.306 e. The van der Waals surface area contributed by atoms with E-state index in [1.807, 2.05) is 4.90 Å². The fraction of sp³-hybridized carbons (Fsp3) is 0.846. The molecule has 0 aromatic heterocycles. The van der Waals surface area contributed by atoms with Gasteiger partial charge in [0, 0.05) is 19.0 Å². The van der Waals surface area contributed by atoms with E-state index in [-0.39, 0.29) is 30.0 Å². The van der Waals surface area contributed by atoms with Gasteiger partial charge in [-0.15, -0.1) is 0 Å². The number of rotatable bonds is 2. The summed E-state index contributed by atoms with van der Waals surface area (Å²) in [5.74, 6) is -1.01. The van der Waals surface area contributed by atoms with Gasteiger partial charge in [-0.3, -0.25) is 9.59 Å². The maximum atomic E-state index is 12.4. The van der Waals surface area contributed by atoms with Crippen LogP contribution in [0, 0.1) is 11.8 Å². The molecule has 5 nitrogen and oxygen atoms in total. The molecule has 0 radical (unpaired) electrons. The second kappa shape index (κ2) is 4.53. The van der Waals surface area contributed by atoms with E-state index in [1.54, 1.807) is 0 Å². The molecular formula is C13H19NO4. The highest BCUT2D eigenvalue weighted by molar-refractivity contribution is 5.81. The number of nitrogens with zero attached hydrogens (tertiary/aromatic N) is 1. The quantitative estimate of drug-likeness (QED) is 0.793. The molecule has 100 valence electrons. The number of morpholine rings is 1.